The number of halogens is 1. The van der Waals surface area contributed by atoms with E-state index in [1.165, 1.54) is 35.4 Å². The minimum Gasteiger partial charge on any atom is -0.497 e. The lowest BCUT2D eigenvalue weighted by Crippen LogP contribution is -2.28. The molecule has 6 nitrogen and oxygen atoms in total. The first-order valence-electron chi connectivity index (χ1n) is 11.7. The second-order valence-corrected chi connectivity index (χ2v) is 8.49. The highest BCUT2D eigenvalue weighted by atomic mass is 19.1. The molecule has 1 amide bonds. The van der Waals surface area contributed by atoms with Crippen molar-refractivity contribution in [2.24, 2.45) is 0 Å². The highest BCUT2D eigenvalue weighted by molar-refractivity contribution is 6.18. The predicted molar refractivity (Wildman–Crippen MR) is 136 cm³/mol. The topological polar surface area (TPSA) is 71.6 Å². The van der Waals surface area contributed by atoms with Crippen molar-refractivity contribution >= 4 is 28.4 Å². The van der Waals surface area contributed by atoms with Gasteiger partial charge in [0.1, 0.15) is 11.6 Å². The second kappa shape index (κ2) is 9.70. The third-order valence-electron chi connectivity index (χ3n) is 6.33. The standard InChI is InChI=1S/C29H25FN2O4/c1-3-36-29(34)25-17-32(28(33)19-4-9-21(30)10-5-19)15-14-23-24-16-20(8-13-26(24)31-27(23)25)18-6-11-22(35-2)12-7-18/h4-13,16-17,31H,3,14-15H2,1-2H3. The zero-order valence-corrected chi connectivity index (χ0v) is 20.0. The minimum atomic E-state index is -0.514. The number of nitrogens with one attached hydrogen (secondary N) is 1. The number of ether oxygens (including phenoxy) is 2. The number of rotatable bonds is 5. The first-order valence-corrected chi connectivity index (χ1v) is 11.7. The molecule has 1 aliphatic rings. The molecule has 0 radical (unpaired) electrons. The zero-order valence-electron chi connectivity index (χ0n) is 20.0. The fourth-order valence-electron chi connectivity index (χ4n) is 4.50. The number of H-pyrrole nitrogens is 1. The fraction of sp³-hybridized carbons (Fsp3) is 0.172. The zero-order chi connectivity index (χ0) is 25.2. The Hall–Kier alpha value is -4.39. The smallest absolute Gasteiger partial charge is 0.341 e. The Labute approximate surface area is 208 Å². The second-order valence-electron chi connectivity index (χ2n) is 8.49. The van der Waals surface area contributed by atoms with Crippen molar-refractivity contribution in [1.29, 1.82) is 0 Å². The number of hydrogen-bond donors (Lipinski definition) is 1. The quantitative estimate of drug-likeness (QED) is 0.375. The van der Waals surface area contributed by atoms with Gasteiger partial charge in [0.05, 0.1) is 25.0 Å². The summed E-state index contributed by atoms with van der Waals surface area (Å²) in [6.45, 7) is 2.30. The van der Waals surface area contributed by atoms with Crippen molar-refractivity contribution in [3.63, 3.8) is 0 Å². The number of methoxy groups -OCH3 is 1. The summed E-state index contributed by atoms with van der Waals surface area (Å²) in [5, 5.41) is 0.976. The van der Waals surface area contributed by atoms with Crippen molar-refractivity contribution in [3.8, 4) is 16.9 Å². The van der Waals surface area contributed by atoms with Gasteiger partial charge in [-0.25, -0.2) is 9.18 Å². The van der Waals surface area contributed by atoms with E-state index in [2.05, 4.69) is 11.1 Å². The molecule has 1 aliphatic heterocycles. The molecule has 4 aromatic rings. The summed E-state index contributed by atoms with van der Waals surface area (Å²) >= 11 is 0. The molecule has 7 heteroatoms. The molecule has 36 heavy (non-hydrogen) atoms. The Balaban J connectivity index is 1.57. The number of fused-ring (bicyclic) bond motifs is 3. The molecule has 5 rings (SSSR count). The molecule has 0 bridgehead atoms. The van der Waals surface area contributed by atoms with Gasteiger partial charge < -0.3 is 19.4 Å². The molecule has 0 fully saturated rings. The summed E-state index contributed by atoms with van der Waals surface area (Å²) in [6, 6.07) is 19.3. The number of aromatic nitrogens is 1. The lowest BCUT2D eigenvalue weighted by molar-refractivity contribution is -0.136. The number of benzene rings is 3. The maximum Gasteiger partial charge on any atom is 0.341 e. The molecule has 0 unspecified atom stereocenters. The van der Waals surface area contributed by atoms with E-state index in [-0.39, 0.29) is 18.1 Å². The molecule has 1 N–H and O–H groups in total. The van der Waals surface area contributed by atoms with Crippen LogP contribution >= 0.6 is 0 Å². The van der Waals surface area contributed by atoms with Crippen LogP contribution in [0.3, 0.4) is 0 Å². The molecule has 0 saturated heterocycles. The summed E-state index contributed by atoms with van der Waals surface area (Å²) in [5.74, 6) is -0.463. The Morgan fingerprint density at radius 3 is 2.42 bits per heavy atom. The Kier molecular flexibility index (Phi) is 6.29. The third-order valence-corrected chi connectivity index (χ3v) is 6.33. The normalized spacial score (nSPS) is 13.1. The van der Waals surface area contributed by atoms with Gasteiger partial charge in [-0.05, 0) is 78.6 Å². The SMILES string of the molecule is CCOC(=O)C1=CN(C(=O)c2ccc(F)cc2)CCc2c1[nH]c1ccc(-c3ccc(OC)cc3)cc21. The maximum atomic E-state index is 13.4. The van der Waals surface area contributed by atoms with Crippen LogP contribution in [0, 0.1) is 5.82 Å². The molecular weight excluding hydrogens is 459 g/mol. The van der Waals surface area contributed by atoms with Crippen LogP contribution in [0.2, 0.25) is 0 Å². The van der Waals surface area contributed by atoms with Gasteiger partial charge in [-0.2, -0.15) is 0 Å². The monoisotopic (exact) mass is 484 g/mol. The van der Waals surface area contributed by atoms with E-state index in [1.807, 2.05) is 36.4 Å². The Morgan fingerprint density at radius 1 is 1.00 bits per heavy atom. The fourth-order valence-corrected chi connectivity index (χ4v) is 4.50. The van der Waals surface area contributed by atoms with E-state index in [4.69, 9.17) is 9.47 Å². The average Bonchev–Trinajstić information content (AvgIpc) is 3.15. The van der Waals surface area contributed by atoms with Gasteiger partial charge >= 0.3 is 5.97 Å². The van der Waals surface area contributed by atoms with E-state index in [0.717, 1.165) is 33.3 Å². The summed E-state index contributed by atoms with van der Waals surface area (Å²) in [6.07, 6.45) is 2.06. The van der Waals surface area contributed by atoms with Crippen molar-refractivity contribution < 1.29 is 23.5 Å². The number of carbonyl (C=O) groups excluding carboxylic acids is 2. The van der Waals surface area contributed by atoms with Crippen LogP contribution in [0.4, 0.5) is 4.39 Å². The Bertz CT molecular complexity index is 1470. The van der Waals surface area contributed by atoms with Crippen LogP contribution in [0.25, 0.3) is 27.6 Å². The summed E-state index contributed by atoms with van der Waals surface area (Å²) in [5.41, 5.74) is 5.16. The molecule has 182 valence electrons. The number of nitrogens with zero attached hydrogens (tertiary/aromatic N) is 1. The predicted octanol–water partition coefficient (Wildman–Crippen LogP) is 5.59. The van der Waals surface area contributed by atoms with Crippen LogP contribution < -0.4 is 4.74 Å². The molecule has 3 aromatic carbocycles. The summed E-state index contributed by atoms with van der Waals surface area (Å²) in [7, 11) is 1.63. The van der Waals surface area contributed by atoms with Crippen molar-refractivity contribution in [2.45, 2.75) is 13.3 Å². The van der Waals surface area contributed by atoms with E-state index < -0.39 is 11.8 Å². The van der Waals surface area contributed by atoms with Gasteiger partial charge in [0, 0.05) is 29.2 Å². The molecule has 0 spiro atoms. The highest BCUT2D eigenvalue weighted by Crippen LogP contribution is 2.34. The third kappa shape index (κ3) is 4.35. The summed E-state index contributed by atoms with van der Waals surface area (Å²) < 4.78 is 24.0. The van der Waals surface area contributed by atoms with E-state index in [0.29, 0.717) is 24.2 Å². The van der Waals surface area contributed by atoms with Gasteiger partial charge in [0.15, 0.2) is 0 Å². The van der Waals surface area contributed by atoms with Gasteiger partial charge in [-0.15, -0.1) is 0 Å². The molecule has 2 heterocycles. The van der Waals surface area contributed by atoms with Crippen molar-refractivity contribution in [3.05, 3.63) is 95.6 Å². The molecule has 0 atom stereocenters. The van der Waals surface area contributed by atoms with E-state index in [1.54, 1.807) is 14.0 Å². The van der Waals surface area contributed by atoms with Gasteiger partial charge in [0.2, 0.25) is 0 Å². The van der Waals surface area contributed by atoms with Gasteiger partial charge in [-0.3, -0.25) is 4.79 Å². The van der Waals surface area contributed by atoms with Crippen LogP contribution in [0.5, 0.6) is 5.75 Å². The molecule has 0 saturated carbocycles. The number of carbonyl (C=O) groups is 2. The van der Waals surface area contributed by atoms with E-state index >= 15 is 0 Å². The first-order chi connectivity index (χ1) is 17.5. The number of amides is 1. The average molecular weight is 485 g/mol. The Morgan fingerprint density at radius 2 is 1.72 bits per heavy atom. The van der Waals surface area contributed by atoms with Crippen LogP contribution in [-0.4, -0.2) is 42.0 Å². The lowest BCUT2D eigenvalue weighted by atomic mass is 9.99. The summed E-state index contributed by atoms with van der Waals surface area (Å²) in [4.78, 5) is 31.0. The maximum absolute atomic E-state index is 13.4. The largest absolute Gasteiger partial charge is 0.497 e. The van der Waals surface area contributed by atoms with Gasteiger partial charge in [-0.1, -0.05) is 18.2 Å². The molecule has 0 aliphatic carbocycles. The first kappa shape index (κ1) is 23.4. The number of aromatic amines is 1. The minimum absolute atomic E-state index is 0.208. The number of esters is 1. The van der Waals surface area contributed by atoms with Crippen molar-refractivity contribution in [1.82, 2.24) is 9.88 Å². The van der Waals surface area contributed by atoms with Crippen LogP contribution in [0.1, 0.15) is 28.5 Å². The van der Waals surface area contributed by atoms with E-state index in [9.17, 15) is 14.0 Å². The van der Waals surface area contributed by atoms with Crippen LogP contribution in [-0.2, 0) is 16.0 Å². The lowest BCUT2D eigenvalue weighted by Gasteiger charge is -2.18. The van der Waals surface area contributed by atoms with Gasteiger partial charge in [0.25, 0.3) is 5.91 Å². The number of hydrogen-bond acceptors (Lipinski definition) is 4. The van der Waals surface area contributed by atoms with Crippen molar-refractivity contribution in [2.75, 3.05) is 20.3 Å². The van der Waals surface area contributed by atoms with Crippen LogP contribution in [0.15, 0.2) is 72.9 Å². The highest BCUT2D eigenvalue weighted by Gasteiger charge is 2.28. The molecular formula is C29H25FN2O4. The molecule has 1 aromatic heterocycles.